The lowest BCUT2D eigenvalue weighted by Crippen LogP contribution is -2.42. The van der Waals surface area contributed by atoms with Crippen LogP contribution in [0.3, 0.4) is 0 Å². The predicted molar refractivity (Wildman–Crippen MR) is 115 cm³/mol. The van der Waals surface area contributed by atoms with Crippen LogP contribution >= 0.6 is 22.6 Å². The van der Waals surface area contributed by atoms with Gasteiger partial charge in [0.25, 0.3) is 0 Å². The molecule has 0 spiro atoms. The lowest BCUT2D eigenvalue weighted by atomic mass is 10.1. The molecule has 28 heavy (non-hydrogen) atoms. The Balaban J connectivity index is 1.81. The van der Waals surface area contributed by atoms with E-state index in [9.17, 15) is 19.5 Å². The Kier molecular flexibility index (Phi) is 8.43. The third-order valence-electron chi connectivity index (χ3n) is 4.24. The molecule has 0 aliphatic heterocycles. The van der Waals surface area contributed by atoms with Crippen LogP contribution in [0.1, 0.15) is 36.9 Å². The molecule has 2 atom stereocenters. The van der Waals surface area contributed by atoms with Crippen molar-refractivity contribution in [2.45, 2.75) is 38.3 Å². The Morgan fingerprint density at radius 1 is 0.929 bits per heavy atom. The van der Waals surface area contributed by atoms with Gasteiger partial charge in [-0.25, -0.2) is 4.79 Å². The van der Waals surface area contributed by atoms with E-state index in [0.717, 1.165) is 14.7 Å². The molecular formula is C21H23IN2O4. The van der Waals surface area contributed by atoms with E-state index in [1.54, 1.807) is 0 Å². The van der Waals surface area contributed by atoms with Gasteiger partial charge in [-0.3, -0.25) is 9.59 Å². The summed E-state index contributed by atoms with van der Waals surface area (Å²) in [7, 11) is 0. The molecule has 2 aromatic rings. The fourth-order valence-corrected chi connectivity index (χ4v) is 3.05. The molecule has 0 unspecified atom stereocenters. The fourth-order valence-electron chi connectivity index (χ4n) is 2.69. The fraction of sp³-hybridized carbons (Fsp3) is 0.286. The Bertz CT molecular complexity index is 809. The highest BCUT2D eigenvalue weighted by atomic mass is 127. The van der Waals surface area contributed by atoms with Gasteiger partial charge in [0.15, 0.2) is 0 Å². The average Bonchev–Trinajstić information content (AvgIpc) is 2.68. The van der Waals surface area contributed by atoms with Crippen LogP contribution in [0.25, 0.3) is 0 Å². The van der Waals surface area contributed by atoms with Gasteiger partial charge in [-0.15, -0.1) is 0 Å². The highest BCUT2D eigenvalue weighted by Gasteiger charge is 2.21. The maximum Gasteiger partial charge on any atom is 0.326 e. The zero-order valence-electron chi connectivity index (χ0n) is 15.5. The van der Waals surface area contributed by atoms with Crippen LogP contribution in [0.5, 0.6) is 0 Å². The minimum absolute atomic E-state index is 0.00111. The number of carbonyl (C=O) groups is 3. The molecule has 0 radical (unpaired) electrons. The zero-order valence-corrected chi connectivity index (χ0v) is 17.7. The summed E-state index contributed by atoms with van der Waals surface area (Å²) in [5, 5.41) is 14.7. The van der Waals surface area contributed by atoms with Crippen molar-refractivity contribution in [3.05, 3.63) is 69.3 Å². The Labute approximate surface area is 177 Å². The van der Waals surface area contributed by atoms with Crippen molar-refractivity contribution >= 4 is 40.4 Å². The van der Waals surface area contributed by atoms with Gasteiger partial charge in [0.05, 0.1) is 6.04 Å². The molecular weight excluding hydrogens is 471 g/mol. The van der Waals surface area contributed by atoms with Crippen molar-refractivity contribution in [1.29, 1.82) is 0 Å². The second-order valence-electron chi connectivity index (χ2n) is 6.49. The first-order valence-electron chi connectivity index (χ1n) is 8.96. The predicted octanol–water partition coefficient (Wildman–Crippen LogP) is 3.06. The summed E-state index contributed by atoms with van der Waals surface area (Å²) in [6.45, 7) is 1.87. The minimum atomic E-state index is -1.10. The normalized spacial score (nSPS) is 12.6. The van der Waals surface area contributed by atoms with E-state index in [4.69, 9.17) is 0 Å². The number of carboxylic acid groups (broad SMARTS) is 1. The van der Waals surface area contributed by atoms with Crippen LogP contribution in [0.2, 0.25) is 0 Å². The van der Waals surface area contributed by atoms with Gasteiger partial charge in [-0.05, 0) is 52.8 Å². The van der Waals surface area contributed by atoms with Gasteiger partial charge in [0, 0.05) is 22.8 Å². The first-order chi connectivity index (χ1) is 13.3. The highest BCUT2D eigenvalue weighted by molar-refractivity contribution is 14.1. The second-order valence-corrected chi connectivity index (χ2v) is 7.73. The van der Waals surface area contributed by atoms with Crippen LogP contribution in [-0.4, -0.2) is 28.9 Å². The number of carbonyl (C=O) groups excluding carboxylic acids is 2. The van der Waals surface area contributed by atoms with Crippen molar-refractivity contribution in [2.75, 3.05) is 0 Å². The first kappa shape index (κ1) is 21.9. The molecule has 0 saturated heterocycles. The Morgan fingerprint density at radius 2 is 1.50 bits per heavy atom. The number of rotatable bonds is 9. The lowest BCUT2D eigenvalue weighted by molar-refractivity contribution is -0.141. The lowest BCUT2D eigenvalue weighted by Gasteiger charge is -2.16. The summed E-state index contributed by atoms with van der Waals surface area (Å²) in [6.07, 6.45) is 0.123. The molecule has 0 heterocycles. The van der Waals surface area contributed by atoms with Crippen molar-refractivity contribution in [1.82, 2.24) is 10.6 Å². The summed E-state index contributed by atoms with van der Waals surface area (Å²) in [5.74, 6) is -1.81. The van der Waals surface area contributed by atoms with Crippen molar-refractivity contribution < 1.29 is 19.5 Å². The van der Waals surface area contributed by atoms with E-state index >= 15 is 0 Å². The number of halogens is 1. The number of nitrogens with one attached hydrogen (secondary N) is 2. The summed E-state index contributed by atoms with van der Waals surface area (Å²) >= 11 is 2.17. The number of hydrogen-bond acceptors (Lipinski definition) is 3. The van der Waals surface area contributed by atoms with Gasteiger partial charge in [0.2, 0.25) is 11.8 Å². The summed E-state index contributed by atoms with van der Waals surface area (Å²) in [6, 6.07) is 15.8. The smallest absolute Gasteiger partial charge is 0.326 e. The second kappa shape index (κ2) is 10.8. The number of carboxylic acids is 1. The molecule has 2 aromatic carbocycles. The van der Waals surface area contributed by atoms with Crippen molar-refractivity contribution in [2.24, 2.45) is 0 Å². The SMILES string of the molecule is C[C@@H](NC(=O)CCC(=O)N[C@@H](Cc1ccc(I)cc1)C(=O)O)c1ccccc1. The van der Waals surface area contributed by atoms with E-state index < -0.39 is 17.9 Å². The van der Waals surface area contributed by atoms with Crippen molar-refractivity contribution in [3.8, 4) is 0 Å². The minimum Gasteiger partial charge on any atom is -0.480 e. The summed E-state index contributed by atoms with van der Waals surface area (Å²) in [5.41, 5.74) is 1.80. The third kappa shape index (κ3) is 7.30. The molecule has 3 N–H and O–H groups in total. The van der Waals surface area contributed by atoms with Crippen LogP contribution in [-0.2, 0) is 20.8 Å². The van der Waals surface area contributed by atoms with Crippen LogP contribution in [0.15, 0.2) is 54.6 Å². The highest BCUT2D eigenvalue weighted by Crippen LogP contribution is 2.12. The van der Waals surface area contributed by atoms with Gasteiger partial charge in [-0.1, -0.05) is 42.5 Å². The molecule has 0 bridgehead atoms. The quantitative estimate of drug-likeness (QED) is 0.467. The van der Waals surface area contributed by atoms with Gasteiger partial charge in [0.1, 0.15) is 6.04 Å². The van der Waals surface area contributed by atoms with E-state index in [0.29, 0.717) is 0 Å². The first-order valence-corrected chi connectivity index (χ1v) is 10.0. The molecule has 148 valence electrons. The average molecular weight is 494 g/mol. The molecule has 7 heteroatoms. The summed E-state index contributed by atoms with van der Waals surface area (Å²) in [4.78, 5) is 35.6. The topological polar surface area (TPSA) is 95.5 Å². The van der Waals surface area contributed by atoms with E-state index in [1.807, 2.05) is 61.5 Å². The molecule has 0 aliphatic rings. The monoisotopic (exact) mass is 494 g/mol. The Hall–Kier alpha value is -2.42. The largest absolute Gasteiger partial charge is 0.480 e. The van der Waals surface area contributed by atoms with Crippen molar-refractivity contribution in [3.63, 3.8) is 0 Å². The molecule has 2 amide bonds. The molecule has 0 aromatic heterocycles. The Morgan fingerprint density at radius 3 is 2.07 bits per heavy atom. The van der Waals surface area contributed by atoms with Gasteiger partial charge < -0.3 is 15.7 Å². The van der Waals surface area contributed by atoms with Gasteiger partial charge in [-0.2, -0.15) is 0 Å². The molecule has 0 saturated carbocycles. The van der Waals surface area contributed by atoms with Crippen LogP contribution in [0.4, 0.5) is 0 Å². The molecule has 2 rings (SSSR count). The maximum absolute atomic E-state index is 12.1. The zero-order chi connectivity index (χ0) is 20.5. The maximum atomic E-state index is 12.1. The van der Waals surface area contributed by atoms with Crippen LogP contribution < -0.4 is 10.6 Å². The third-order valence-corrected chi connectivity index (χ3v) is 4.96. The number of aliphatic carboxylic acids is 1. The summed E-state index contributed by atoms with van der Waals surface area (Å²) < 4.78 is 1.05. The van der Waals surface area contributed by atoms with Crippen LogP contribution in [0, 0.1) is 3.57 Å². The number of hydrogen-bond donors (Lipinski definition) is 3. The van der Waals surface area contributed by atoms with E-state index in [2.05, 4.69) is 33.2 Å². The standard InChI is InChI=1S/C21H23IN2O4/c1-14(16-5-3-2-4-6-16)23-19(25)11-12-20(26)24-18(21(27)28)13-15-7-9-17(22)10-8-15/h2-10,14,18H,11-13H2,1H3,(H,23,25)(H,24,26)(H,27,28)/t14-,18+/m1/s1. The number of amides is 2. The molecule has 0 fully saturated rings. The van der Waals surface area contributed by atoms with E-state index in [1.165, 1.54) is 0 Å². The number of benzene rings is 2. The molecule has 6 nitrogen and oxygen atoms in total. The molecule has 0 aliphatic carbocycles. The van der Waals surface area contributed by atoms with E-state index in [-0.39, 0.29) is 31.2 Å². The van der Waals surface area contributed by atoms with Gasteiger partial charge >= 0.3 is 5.97 Å².